The lowest BCUT2D eigenvalue weighted by Gasteiger charge is -2.08. The largest absolute Gasteiger partial charge is 0.476 e. The van der Waals surface area contributed by atoms with Crippen LogP contribution in [-0.4, -0.2) is 48.8 Å². The highest BCUT2D eigenvalue weighted by molar-refractivity contribution is 5.84. The van der Waals surface area contributed by atoms with Gasteiger partial charge in [-0.15, -0.1) is 5.10 Å². The monoisotopic (exact) mass is 291 g/mol. The fraction of sp³-hybridized carbons (Fsp3) is 0.385. The summed E-state index contributed by atoms with van der Waals surface area (Å²) in [6, 6.07) is 0. The molecule has 0 spiro atoms. The van der Waals surface area contributed by atoms with Crippen LogP contribution in [0.2, 0.25) is 0 Å². The van der Waals surface area contributed by atoms with Crippen molar-refractivity contribution in [2.45, 2.75) is 26.0 Å². The Labute approximate surface area is 121 Å². The summed E-state index contributed by atoms with van der Waals surface area (Å²) in [5.74, 6) is -0.277. The van der Waals surface area contributed by atoms with E-state index < -0.39 is 5.97 Å². The first-order chi connectivity index (χ1) is 10.0. The van der Waals surface area contributed by atoms with Crippen molar-refractivity contribution in [1.82, 2.24) is 24.5 Å². The highest BCUT2D eigenvalue weighted by Gasteiger charge is 2.12. The predicted molar refractivity (Wildman–Crippen MR) is 74.9 cm³/mol. The third kappa shape index (κ3) is 3.54. The minimum Gasteiger partial charge on any atom is -0.476 e. The number of carboxylic acids is 1. The minimum atomic E-state index is -1.10. The molecule has 2 aromatic heterocycles. The average molecular weight is 291 g/mol. The molecule has 0 aromatic carbocycles. The van der Waals surface area contributed by atoms with Crippen LogP contribution in [-0.2, 0) is 17.7 Å². The molecule has 0 radical (unpaired) electrons. The molecule has 112 valence electrons. The molecule has 21 heavy (non-hydrogen) atoms. The summed E-state index contributed by atoms with van der Waals surface area (Å²) in [6.45, 7) is 6.04. The molecule has 1 N–H and O–H groups in total. The summed E-state index contributed by atoms with van der Waals surface area (Å²) in [7, 11) is 1.65. The molecule has 0 bridgehead atoms. The van der Waals surface area contributed by atoms with Crippen LogP contribution < -0.4 is 0 Å². The van der Waals surface area contributed by atoms with Gasteiger partial charge in [-0.05, 0) is 6.92 Å². The molecule has 0 amide bonds. The standard InChI is InChI=1S/C13H17N5O3/c1-4-17-6-10(14-12(17)5-9(2)21-3)7-18-8-11(13(19)20)15-16-18/h4,6,8-9H,1,5,7H2,2-3H3,(H,19,20). The molecule has 0 aliphatic heterocycles. The second-order valence-electron chi connectivity index (χ2n) is 4.60. The number of imidazole rings is 1. The van der Waals surface area contributed by atoms with E-state index in [9.17, 15) is 4.79 Å². The van der Waals surface area contributed by atoms with Crippen molar-refractivity contribution >= 4 is 12.2 Å². The minimum absolute atomic E-state index is 0.0453. The van der Waals surface area contributed by atoms with Crippen molar-refractivity contribution < 1.29 is 14.6 Å². The molecule has 8 nitrogen and oxygen atoms in total. The van der Waals surface area contributed by atoms with Crippen molar-refractivity contribution in [3.05, 3.63) is 36.2 Å². The van der Waals surface area contributed by atoms with E-state index in [4.69, 9.17) is 9.84 Å². The normalized spacial score (nSPS) is 12.3. The van der Waals surface area contributed by atoms with Crippen molar-refractivity contribution in [2.75, 3.05) is 7.11 Å². The summed E-state index contributed by atoms with van der Waals surface area (Å²) in [5.41, 5.74) is 0.654. The fourth-order valence-electron chi connectivity index (χ4n) is 1.85. The zero-order valence-electron chi connectivity index (χ0n) is 11.9. The summed E-state index contributed by atoms with van der Waals surface area (Å²) in [6.07, 6.45) is 5.56. The quantitative estimate of drug-likeness (QED) is 0.814. The SMILES string of the molecule is C=Cn1cc(Cn2cc(C(=O)O)nn2)nc1CC(C)OC. The van der Waals surface area contributed by atoms with E-state index in [1.165, 1.54) is 10.9 Å². The number of aromatic carboxylic acids is 1. The van der Waals surface area contributed by atoms with Crippen LogP contribution in [0.3, 0.4) is 0 Å². The Morgan fingerprint density at radius 1 is 1.57 bits per heavy atom. The van der Waals surface area contributed by atoms with Gasteiger partial charge in [-0.25, -0.2) is 14.5 Å². The van der Waals surface area contributed by atoms with Crippen LogP contribution in [0.15, 0.2) is 19.0 Å². The molecule has 8 heteroatoms. The van der Waals surface area contributed by atoms with Gasteiger partial charge in [0.15, 0.2) is 5.69 Å². The molecule has 0 aliphatic carbocycles. The second kappa shape index (κ2) is 6.31. The predicted octanol–water partition coefficient (Wildman–Crippen LogP) is 0.899. The van der Waals surface area contributed by atoms with Crippen LogP contribution in [0.4, 0.5) is 0 Å². The van der Waals surface area contributed by atoms with Gasteiger partial charge in [0, 0.05) is 25.9 Å². The smallest absolute Gasteiger partial charge is 0.358 e. The van der Waals surface area contributed by atoms with Crippen molar-refractivity contribution in [3.8, 4) is 0 Å². The van der Waals surface area contributed by atoms with Crippen LogP contribution in [0.5, 0.6) is 0 Å². The van der Waals surface area contributed by atoms with Crippen LogP contribution in [0.1, 0.15) is 28.9 Å². The number of ether oxygens (including phenoxy) is 1. The van der Waals surface area contributed by atoms with E-state index in [1.807, 2.05) is 17.7 Å². The molecule has 2 aromatic rings. The first-order valence-corrected chi connectivity index (χ1v) is 6.39. The molecule has 2 heterocycles. The molecule has 0 fully saturated rings. The lowest BCUT2D eigenvalue weighted by molar-refractivity contribution is 0.0690. The molecule has 1 unspecified atom stereocenters. The third-order valence-electron chi connectivity index (χ3n) is 3.01. The zero-order valence-corrected chi connectivity index (χ0v) is 11.9. The summed E-state index contributed by atoms with van der Waals surface area (Å²) in [4.78, 5) is 15.3. The molecule has 2 rings (SSSR count). The molecular formula is C13H17N5O3. The fourth-order valence-corrected chi connectivity index (χ4v) is 1.85. The Morgan fingerprint density at radius 3 is 2.90 bits per heavy atom. The maximum absolute atomic E-state index is 10.8. The van der Waals surface area contributed by atoms with Gasteiger partial charge in [0.05, 0.1) is 24.5 Å². The first-order valence-electron chi connectivity index (χ1n) is 6.39. The van der Waals surface area contributed by atoms with Gasteiger partial charge in [0.25, 0.3) is 0 Å². The topological polar surface area (TPSA) is 95.1 Å². The molecule has 0 saturated heterocycles. The van der Waals surface area contributed by atoms with Gasteiger partial charge >= 0.3 is 5.97 Å². The van der Waals surface area contributed by atoms with E-state index in [-0.39, 0.29) is 11.8 Å². The number of carboxylic acid groups (broad SMARTS) is 1. The van der Waals surface area contributed by atoms with E-state index >= 15 is 0 Å². The van der Waals surface area contributed by atoms with Gasteiger partial charge in [-0.2, -0.15) is 0 Å². The number of nitrogens with zero attached hydrogens (tertiary/aromatic N) is 5. The Bertz CT molecular complexity index is 646. The van der Waals surface area contributed by atoms with Crippen LogP contribution >= 0.6 is 0 Å². The average Bonchev–Trinajstić information content (AvgIpc) is 3.06. The van der Waals surface area contributed by atoms with Gasteiger partial charge in [0.1, 0.15) is 5.82 Å². The molecular weight excluding hydrogens is 274 g/mol. The van der Waals surface area contributed by atoms with Gasteiger partial charge < -0.3 is 14.4 Å². The van der Waals surface area contributed by atoms with E-state index in [2.05, 4.69) is 21.9 Å². The van der Waals surface area contributed by atoms with Gasteiger partial charge in [0.2, 0.25) is 0 Å². The number of aromatic nitrogens is 5. The van der Waals surface area contributed by atoms with Crippen molar-refractivity contribution in [1.29, 1.82) is 0 Å². The zero-order chi connectivity index (χ0) is 15.4. The number of carbonyl (C=O) groups is 1. The maximum Gasteiger partial charge on any atom is 0.358 e. The second-order valence-corrected chi connectivity index (χ2v) is 4.60. The molecule has 0 aliphatic rings. The van der Waals surface area contributed by atoms with Gasteiger partial charge in [-0.1, -0.05) is 11.8 Å². The Hall–Kier alpha value is -2.48. The lowest BCUT2D eigenvalue weighted by Crippen LogP contribution is -2.11. The summed E-state index contributed by atoms with van der Waals surface area (Å²) in [5, 5.41) is 16.1. The van der Waals surface area contributed by atoms with E-state index in [0.717, 1.165) is 11.5 Å². The first kappa shape index (κ1) is 14.9. The number of rotatable bonds is 7. The van der Waals surface area contributed by atoms with Crippen molar-refractivity contribution in [3.63, 3.8) is 0 Å². The van der Waals surface area contributed by atoms with E-state index in [1.54, 1.807) is 13.3 Å². The maximum atomic E-state index is 10.8. The Balaban J connectivity index is 2.16. The Morgan fingerprint density at radius 2 is 2.33 bits per heavy atom. The van der Waals surface area contributed by atoms with Crippen LogP contribution in [0, 0.1) is 0 Å². The number of hydrogen-bond acceptors (Lipinski definition) is 5. The lowest BCUT2D eigenvalue weighted by atomic mass is 10.3. The highest BCUT2D eigenvalue weighted by atomic mass is 16.5. The number of methoxy groups -OCH3 is 1. The number of hydrogen-bond donors (Lipinski definition) is 1. The highest BCUT2D eigenvalue weighted by Crippen LogP contribution is 2.09. The molecule has 1 atom stereocenters. The van der Waals surface area contributed by atoms with Crippen molar-refractivity contribution in [2.24, 2.45) is 0 Å². The van der Waals surface area contributed by atoms with Crippen LogP contribution in [0.25, 0.3) is 6.20 Å². The molecule has 0 saturated carbocycles. The Kier molecular flexibility index (Phi) is 4.49. The third-order valence-corrected chi connectivity index (χ3v) is 3.01. The van der Waals surface area contributed by atoms with Gasteiger partial charge in [-0.3, -0.25) is 0 Å². The summed E-state index contributed by atoms with van der Waals surface area (Å²) < 4.78 is 8.48. The van der Waals surface area contributed by atoms with E-state index in [0.29, 0.717) is 13.0 Å². The summed E-state index contributed by atoms with van der Waals surface area (Å²) >= 11 is 0.